The number of hydrogen-bond acceptors (Lipinski definition) is 2. The van der Waals surface area contributed by atoms with E-state index in [9.17, 15) is 4.79 Å². The van der Waals surface area contributed by atoms with Crippen LogP contribution in [-0.2, 0) is 4.79 Å². The second kappa shape index (κ2) is 5.67. The first-order valence-corrected chi connectivity index (χ1v) is 6.62. The van der Waals surface area contributed by atoms with Crippen LogP contribution < -0.4 is 5.32 Å². The summed E-state index contributed by atoms with van der Waals surface area (Å²) < 4.78 is 0. The van der Waals surface area contributed by atoms with Gasteiger partial charge in [0.1, 0.15) is 0 Å². The molecule has 2 aliphatic heterocycles. The lowest BCUT2D eigenvalue weighted by atomic mass is 9.77. The summed E-state index contributed by atoms with van der Waals surface area (Å²) in [6.07, 6.45) is 3.13. The third kappa shape index (κ3) is 2.97. The van der Waals surface area contributed by atoms with Crippen LogP contribution in [0.5, 0.6) is 0 Å². The Balaban J connectivity index is 0.000000606. The van der Waals surface area contributed by atoms with Crippen LogP contribution in [0.1, 0.15) is 47.0 Å². The second-order valence-corrected chi connectivity index (χ2v) is 5.08. The zero-order valence-electron chi connectivity index (χ0n) is 11.2. The Kier molecular flexibility index (Phi) is 4.78. The first-order valence-electron chi connectivity index (χ1n) is 6.62. The molecule has 2 saturated heterocycles. The number of amides is 1. The van der Waals surface area contributed by atoms with Gasteiger partial charge in [0.15, 0.2) is 0 Å². The van der Waals surface area contributed by atoms with Crippen LogP contribution in [-0.4, -0.2) is 36.5 Å². The minimum Gasteiger partial charge on any atom is -0.356 e. The molecule has 2 aliphatic rings. The predicted molar refractivity (Wildman–Crippen MR) is 67.4 cm³/mol. The summed E-state index contributed by atoms with van der Waals surface area (Å²) in [6.45, 7) is 11.7. The Morgan fingerprint density at radius 1 is 1.25 bits per heavy atom. The summed E-state index contributed by atoms with van der Waals surface area (Å²) in [5.41, 5.74) is 0.308. The van der Waals surface area contributed by atoms with Crippen molar-refractivity contribution in [3.05, 3.63) is 0 Å². The highest BCUT2D eigenvalue weighted by atomic mass is 16.1. The number of rotatable bonds is 1. The maximum Gasteiger partial charge on any atom is 0.220 e. The van der Waals surface area contributed by atoms with Crippen molar-refractivity contribution < 1.29 is 4.79 Å². The van der Waals surface area contributed by atoms with Gasteiger partial charge in [0.05, 0.1) is 0 Å². The van der Waals surface area contributed by atoms with Crippen molar-refractivity contribution >= 4 is 5.91 Å². The Morgan fingerprint density at radius 2 is 1.81 bits per heavy atom. The summed E-state index contributed by atoms with van der Waals surface area (Å²) in [5, 5.41) is 2.97. The third-order valence-electron chi connectivity index (χ3n) is 3.79. The smallest absolute Gasteiger partial charge is 0.220 e. The average Bonchev–Trinajstić information content (AvgIpc) is 2.64. The van der Waals surface area contributed by atoms with Gasteiger partial charge in [0.25, 0.3) is 0 Å². The van der Waals surface area contributed by atoms with E-state index in [2.05, 4.69) is 24.1 Å². The van der Waals surface area contributed by atoms with Gasteiger partial charge in [-0.05, 0) is 45.2 Å². The van der Waals surface area contributed by atoms with Crippen LogP contribution in [0.3, 0.4) is 0 Å². The van der Waals surface area contributed by atoms with Crippen LogP contribution in [0.2, 0.25) is 0 Å². The first-order chi connectivity index (χ1) is 7.61. The van der Waals surface area contributed by atoms with Crippen LogP contribution in [0.4, 0.5) is 0 Å². The summed E-state index contributed by atoms with van der Waals surface area (Å²) in [4.78, 5) is 13.7. The lowest BCUT2D eigenvalue weighted by molar-refractivity contribution is -0.119. The van der Waals surface area contributed by atoms with Gasteiger partial charge < -0.3 is 10.2 Å². The van der Waals surface area contributed by atoms with E-state index < -0.39 is 0 Å². The number of carbonyl (C=O) groups excluding carboxylic acids is 1. The number of nitrogens with one attached hydrogen (secondary N) is 1. The Morgan fingerprint density at radius 3 is 2.19 bits per heavy atom. The summed E-state index contributed by atoms with van der Waals surface area (Å²) >= 11 is 0. The van der Waals surface area contributed by atoms with Gasteiger partial charge in [-0.2, -0.15) is 0 Å². The number of likely N-dealkylation sites (tertiary alicyclic amines) is 1. The van der Waals surface area contributed by atoms with Crippen LogP contribution >= 0.6 is 0 Å². The van der Waals surface area contributed by atoms with Crippen LogP contribution in [0.25, 0.3) is 0 Å². The fourth-order valence-electron chi connectivity index (χ4n) is 2.62. The maximum absolute atomic E-state index is 11.2. The van der Waals surface area contributed by atoms with E-state index in [4.69, 9.17) is 0 Å². The molecule has 0 radical (unpaired) electrons. The lowest BCUT2D eigenvalue weighted by Crippen LogP contribution is -2.44. The molecule has 0 bridgehead atoms. The normalized spacial score (nSPS) is 24.2. The molecule has 16 heavy (non-hydrogen) atoms. The third-order valence-corrected chi connectivity index (χ3v) is 3.79. The zero-order valence-corrected chi connectivity index (χ0v) is 11.2. The topological polar surface area (TPSA) is 32.3 Å². The van der Waals surface area contributed by atoms with E-state index in [-0.39, 0.29) is 5.91 Å². The largest absolute Gasteiger partial charge is 0.356 e. The fourth-order valence-corrected chi connectivity index (χ4v) is 2.62. The van der Waals surface area contributed by atoms with Crippen molar-refractivity contribution in [2.75, 3.05) is 19.6 Å². The minimum atomic E-state index is 0.253. The number of carbonyl (C=O) groups is 1. The molecular formula is C13H26N2O. The van der Waals surface area contributed by atoms with Crippen molar-refractivity contribution in [2.45, 2.75) is 53.0 Å². The average molecular weight is 226 g/mol. The molecule has 2 heterocycles. The molecule has 1 spiro atoms. The van der Waals surface area contributed by atoms with E-state index in [0.29, 0.717) is 11.5 Å². The van der Waals surface area contributed by atoms with Crippen LogP contribution in [0, 0.1) is 5.41 Å². The molecule has 0 aromatic carbocycles. The number of nitrogens with zero attached hydrogens (tertiary/aromatic N) is 1. The fraction of sp³-hybridized carbons (Fsp3) is 0.923. The molecule has 2 fully saturated rings. The number of piperidine rings is 1. The molecule has 3 heteroatoms. The van der Waals surface area contributed by atoms with Gasteiger partial charge in [-0.15, -0.1) is 0 Å². The molecule has 0 aliphatic carbocycles. The molecule has 0 saturated carbocycles. The highest BCUT2D eigenvalue weighted by Crippen LogP contribution is 2.37. The molecule has 3 nitrogen and oxygen atoms in total. The summed E-state index contributed by atoms with van der Waals surface area (Å²) in [7, 11) is 0. The standard InChI is InChI=1S/C11H20N2O.C2H6/c1-9(2)13-5-3-11(4-6-13)7-10(14)12-8-11;1-2/h9H,3-8H2,1-2H3,(H,12,14);1-2H3. The summed E-state index contributed by atoms with van der Waals surface area (Å²) in [6, 6.07) is 0.650. The zero-order chi connectivity index (χ0) is 12.2. The first kappa shape index (κ1) is 13.5. The molecular weight excluding hydrogens is 200 g/mol. The highest BCUT2D eigenvalue weighted by molar-refractivity contribution is 5.79. The highest BCUT2D eigenvalue weighted by Gasteiger charge is 2.40. The Labute approximate surface area is 99.6 Å². The molecule has 2 rings (SSSR count). The molecule has 0 aromatic heterocycles. The molecule has 0 unspecified atom stereocenters. The Bertz CT molecular complexity index is 230. The van der Waals surface area contributed by atoms with E-state index >= 15 is 0 Å². The van der Waals surface area contributed by atoms with Crippen molar-refractivity contribution in [1.82, 2.24) is 10.2 Å². The van der Waals surface area contributed by atoms with Crippen molar-refractivity contribution in [3.8, 4) is 0 Å². The lowest BCUT2D eigenvalue weighted by Gasteiger charge is -2.40. The van der Waals surface area contributed by atoms with Gasteiger partial charge in [-0.25, -0.2) is 0 Å². The monoisotopic (exact) mass is 226 g/mol. The molecule has 94 valence electrons. The van der Waals surface area contributed by atoms with Gasteiger partial charge in [-0.3, -0.25) is 4.79 Å². The van der Waals surface area contributed by atoms with Gasteiger partial charge >= 0.3 is 0 Å². The van der Waals surface area contributed by atoms with E-state index in [1.54, 1.807) is 0 Å². The molecule has 1 amide bonds. The quantitative estimate of drug-likeness (QED) is 0.742. The second-order valence-electron chi connectivity index (χ2n) is 5.08. The van der Waals surface area contributed by atoms with Crippen molar-refractivity contribution in [2.24, 2.45) is 5.41 Å². The SMILES string of the molecule is CC.CC(C)N1CCC2(CC1)CNC(=O)C2. The Hall–Kier alpha value is -0.570. The molecule has 1 N–H and O–H groups in total. The van der Waals surface area contributed by atoms with E-state index in [0.717, 1.165) is 26.1 Å². The maximum atomic E-state index is 11.2. The van der Waals surface area contributed by atoms with Crippen LogP contribution in [0.15, 0.2) is 0 Å². The van der Waals surface area contributed by atoms with Crippen molar-refractivity contribution in [1.29, 1.82) is 0 Å². The van der Waals surface area contributed by atoms with Crippen molar-refractivity contribution in [3.63, 3.8) is 0 Å². The van der Waals surface area contributed by atoms with Gasteiger partial charge in [0, 0.05) is 19.0 Å². The van der Waals surface area contributed by atoms with E-state index in [1.807, 2.05) is 13.8 Å². The molecule has 0 atom stereocenters. The summed E-state index contributed by atoms with van der Waals surface area (Å²) in [5.74, 6) is 0.253. The van der Waals surface area contributed by atoms with Gasteiger partial charge in [-0.1, -0.05) is 13.8 Å². The van der Waals surface area contributed by atoms with Gasteiger partial charge in [0.2, 0.25) is 5.91 Å². The van der Waals surface area contributed by atoms with E-state index in [1.165, 1.54) is 12.8 Å². The minimum absolute atomic E-state index is 0.253. The number of hydrogen-bond donors (Lipinski definition) is 1. The predicted octanol–water partition coefficient (Wildman–Crippen LogP) is 2.02. The molecule has 0 aromatic rings.